The maximum atomic E-state index is 12.8. The molecule has 0 bridgehead atoms. The molecule has 5 N–H and O–H groups in total. The van der Waals surface area contributed by atoms with Gasteiger partial charge in [0.25, 0.3) is 11.8 Å². The quantitative estimate of drug-likeness (QED) is 0.582. The number of H-pyrrole nitrogens is 1. The van der Waals surface area contributed by atoms with Gasteiger partial charge in [0.05, 0.1) is 4.90 Å². The summed E-state index contributed by atoms with van der Waals surface area (Å²) in [5.74, 6) is -0.775. The van der Waals surface area contributed by atoms with Gasteiger partial charge >= 0.3 is 0 Å². The van der Waals surface area contributed by atoms with Crippen molar-refractivity contribution in [1.29, 1.82) is 0 Å². The van der Waals surface area contributed by atoms with E-state index in [1.807, 2.05) is 0 Å². The van der Waals surface area contributed by atoms with Crippen LogP contribution in [0.2, 0.25) is 0 Å². The number of nitrogens with two attached hydrogens (primary N) is 2. The molecule has 28 heavy (non-hydrogen) atoms. The summed E-state index contributed by atoms with van der Waals surface area (Å²) >= 11 is 0. The molecule has 1 aromatic heterocycles. The summed E-state index contributed by atoms with van der Waals surface area (Å²) in [4.78, 5) is 22.0. The van der Waals surface area contributed by atoms with E-state index in [0.717, 1.165) is 5.69 Å². The third-order valence-corrected chi connectivity index (χ3v) is 6.50. The smallest absolute Gasteiger partial charge is 0.269 e. The summed E-state index contributed by atoms with van der Waals surface area (Å²) < 4.78 is 32.2. The van der Waals surface area contributed by atoms with Gasteiger partial charge in [-0.15, -0.1) is 0 Å². The number of carbonyl (C=O) groups is 2. The average molecular weight is 407 g/mol. The topological polar surface area (TPSA) is 161 Å². The van der Waals surface area contributed by atoms with Crippen LogP contribution in [0.25, 0.3) is 0 Å². The van der Waals surface area contributed by atoms with E-state index in [4.69, 9.17) is 16.2 Å². The van der Waals surface area contributed by atoms with Crippen LogP contribution in [0.1, 0.15) is 34.9 Å². The molecule has 1 saturated heterocycles. The van der Waals surface area contributed by atoms with E-state index in [1.165, 1.54) is 28.6 Å². The SMILES string of the molecule is NC(=O)COc1ccc(S(=O)(=O)N2CCC(c3cc(C(N)=O)n[nH]3)CC2)cc1. The number of ether oxygens (including phenoxy) is 1. The Bertz CT molecular complexity index is 962. The minimum atomic E-state index is -3.64. The van der Waals surface area contributed by atoms with Crippen LogP contribution >= 0.6 is 0 Å². The number of nitrogens with one attached hydrogen (secondary N) is 1. The van der Waals surface area contributed by atoms with Gasteiger partial charge in [0.2, 0.25) is 10.0 Å². The number of sulfonamides is 1. The Morgan fingerprint density at radius 1 is 1.18 bits per heavy atom. The molecule has 0 atom stereocenters. The molecule has 0 radical (unpaired) electrons. The first-order chi connectivity index (χ1) is 13.3. The Balaban J connectivity index is 1.63. The van der Waals surface area contributed by atoms with Crippen LogP contribution in [0.15, 0.2) is 35.2 Å². The van der Waals surface area contributed by atoms with Crippen molar-refractivity contribution in [3.8, 4) is 5.75 Å². The summed E-state index contributed by atoms with van der Waals surface area (Å²) in [7, 11) is -3.64. The van der Waals surface area contributed by atoms with Crippen molar-refractivity contribution >= 4 is 21.8 Å². The molecular weight excluding hydrogens is 386 g/mol. The maximum Gasteiger partial charge on any atom is 0.269 e. The second-order valence-electron chi connectivity index (χ2n) is 6.48. The van der Waals surface area contributed by atoms with Crippen molar-refractivity contribution in [2.75, 3.05) is 19.7 Å². The lowest BCUT2D eigenvalue weighted by Crippen LogP contribution is -2.37. The van der Waals surface area contributed by atoms with Gasteiger partial charge in [-0.1, -0.05) is 0 Å². The van der Waals surface area contributed by atoms with Gasteiger partial charge < -0.3 is 16.2 Å². The lowest BCUT2D eigenvalue weighted by molar-refractivity contribution is -0.119. The molecule has 2 amide bonds. The first kappa shape index (κ1) is 19.8. The summed E-state index contributed by atoms with van der Waals surface area (Å²) in [6, 6.07) is 7.45. The zero-order chi connectivity index (χ0) is 20.3. The molecule has 10 nitrogen and oxygen atoms in total. The summed E-state index contributed by atoms with van der Waals surface area (Å²) in [5, 5.41) is 6.67. The maximum absolute atomic E-state index is 12.8. The Morgan fingerprint density at radius 3 is 2.36 bits per heavy atom. The molecule has 1 fully saturated rings. The number of piperidine rings is 1. The number of carbonyl (C=O) groups excluding carboxylic acids is 2. The third kappa shape index (κ3) is 4.31. The van der Waals surface area contributed by atoms with E-state index >= 15 is 0 Å². The molecule has 1 aliphatic heterocycles. The second-order valence-corrected chi connectivity index (χ2v) is 8.42. The van der Waals surface area contributed by atoms with Crippen LogP contribution in [0, 0.1) is 0 Å². The number of rotatable bonds is 7. The van der Waals surface area contributed by atoms with Gasteiger partial charge in [0, 0.05) is 24.7 Å². The second kappa shape index (κ2) is 7.98. The van der Waals surface area contributed by atoms with Crippen molar-refractivity contribution < 1.29 is 22.7 Å². The van der Waals surface area contributed by atoms with E-state index in [9.17, 15) is 18.0 Å². The molecule has 1 aliphatic rings. The normalized spacial score (nSPS) is 16.0. The van der Waals surface area contributed by atoms with Crippen LogP contribution in [0.3, 0.4) is 0 Å². The standard InChI is InChI=1S/C17H21N5O5S/c18-16(23)10-27-12-1-3-13(4-2-12)28(25,26)22-7-5-11(6-8-22)14-9-15(17(19)24)21-20-14/h1-4,9,11H,5-8,10H2,(H2,18,23)(H2,19,24)(H,20,21). The van der Waals surface area contributed by atoms with Crippen molar-refractivity contribution in [1.82, 2.24) is 14.5 Å². The third-order valence-electron chi connectivity index (χ3n) is 4.59. The van der Waals surface area contributed by atoms with E-state index in [-0.39, 0.29) is 23.1 Å². The molecule has 0 saturated carbocycles. The molecule has 3 rings (SSSR count). The number of nitrogens with zero attached hydrogens (tertiary/aromatic N) is 2. The van der Waals surface area contributed by atoms with Gasteiger partial charge in [0.15, 0.2) is 6.61 Å². The number of aromatic amines is 1. The number of amides is 2. The molecule has 11 heteroatoms. The van der Waals surface area contributed by atoms with Crippen molar-refractivity contribution in [3.05, 3.63) is 41.7 Å². The van der Waals surface area contributed by atoms with Crippen LogP contribution in [-0.4, -0.2) is 54.4 Å². The number of primary amides is 2. The lowest BCUT2D eigenvalue weighted by atomic mass is 9.94. The zero-order valence-corrected chi connectivity index (χ0v) is 15.8. The first-order valence-corrected chi connectivity index (χ1v) is 10.1. The Labute approximate surface area is 161 Å². The molecular formula is C17H21N5O5S. The van der Waals surface area contributed by atoms with Gasteiger partial charge in [-0.05, 0) is 43.2 Å². The fraction of sp³-hybridized carbons (Fsp3) is 0.353. The molecule has 0 spiro atoms. The lowest BCUT2D eigenvalue weighted by Gasteiger charge is -2.30. The van der Waals surface area contributed by atoms with Gasteiger partial charge in [-0.25, -0.2) is 8.42 Å². The Hall–Kier alpha value is -2.92. The predicted octanol–water partition coefficient (Wildman–Crippen LogP) is -0.0590. The van der Waals surface area contributed by atoms with Crippen molar-refractivity contribution in [2.45, 2.75) is 23.7 Å². The molecule has 2 heterocycles. The van der Waals surface area contributed by atoms with Crippen LogP contribution < -0.4 is 16.2 Å². The molecule has 2 aromatic rings. The highest BCUT2D eigenvalue weighted by Gasteiger charge is 2.30. The van der Waals surface area contributed by atoms with Gasteiger partial charge in [-0.3, -0.25) is 14.7 Å². The zero-order valence-electron chi connectivity index (χ0n) is 15.0. The fourth-order valence-corrected chi connectivity index (χ4v) is 4.56. The van der Waals surface area contributed by atoms with Crippen LogP contribution in [-0.2, 0) is 14.8 Å². The molecule has 150 valence electrons. The summed E-state index contributed by atoms with van der Waals surface area (Å²) in [6.45, 7) is 0.417. The van der Waals surface area contributed by atoms with E-state index in [0.29, 0.717) is 31.7 Å². The highest BCUT2D eigenvalue weighted by atomic mass is 32.2. The number of aromatic nitrogens is 2. The van der Waals surface area contributed by atoms with E-state index in [1.54, 1.807) is 6.07 Å². The fourth-order valence-electron chi connectivity index (χ4n) is 3.09. The summed E-state index contributed by atoms with van der Waals surface area (Å²) in [5.41, 5.74) is 11.2. The monoisotopic (exact) mass is 407 g/mol. The number of hydrogen-bond donors (Lipinski definition) is 3. The van der Waals surface area contributed by atoms with Crippen molar-refractivity contribution in [3.63, 3.8) is 0 Å². The van der Waals surface area contributed by atoms with Gasteiger partial charge in [-0.2, -0.15) is 9.40 Å². The Morgan fingerprint density at radius 2 is 1.82 bits per heavy atom. The molecule has 0 unspecified atom stereocenters. The largest absolute Gasteiger partial charge is 0.484 e. The van der Waals surface area contributed by atoms with Crippen LogP contribution in [0.5, 0.6) is 5.75 Å². The predicted molar refractivity (Wildman–Crippen MR) is 99.0 cm³/mol. The first-order valence-electron chi connectivity index (χ1n) is 8.64. The molecule has 1 aromatic carbocycles. The summed E-state index contributed by atoms with van der Waals surface area (Å²) in [6.07, 6.45) is 1.19. The minimum absolute atomic E-state index is 0.0802. The van der Waals surface area contributed by atoms with E-state index < -0.39 is 21.8 Å². The number of hydrogen-bond acceptors (Lipinski definition) is 6. The Kier molecular flexibility index (Phi) is 5.66. The van der Waals surface area contributed by atoms with Gasteiger partial charge in [0.1, 0.15) is 11.4 Å². The highest BCUT2D eigenvalue weighted by Crippen LogP contribution is 2.30. The van der Waals surface area contributed by atoms with Crippen LogP contribution in [0.4, 0.5) is 0 Å². The average Bonchev–Trinajstić information content (AvgIpc) is 3.17. The van der Waals surface area contributed by atoms with Crippen molar-refractivity contribution in [2.24, 2.45) is 11.5 Å². The highest BCUT2D eigenvalue weighted by molar-refractivity contribution is 7.89. The minimum Gasteiger partial charge on any atom is -0.484 e. The van der Waals surface area contributed by atoms with E-state index in [2.05, 4.69) is 10.2 Å². The number of benzene rings is 1. The molecule has 0 aliphatic carbocycles.